The van der Waals surface area contributed by atoms with Crippen molar-refractivity contribution in [1.82, 2.24) is 24.7 Å². The molecular weight excluding hydrogens is 373 g/mol. The van der Waals surface area contributed by atoms with Gasteiger partial charge >= 0.3 is 17.7 Å². The average molecular weight is 386 g/mol. The molecule has 1 aromatic carbocycles. The summed E-state index contributed by atoms with van der Waals surface area (Å²) in [6.45, 7) is 0.448. The Bertz CT molecular complexity index is 865. The molecule has 1 aliphatic rings. The topological polar surface area (TPSA) is 110 Å². The summed E-state index contributed by atoms with van der Waals surface area (Å²) in [5, 5.41) is 16.6. The summed E-state index contributed by atoms with van der Waals surface area (Å²) in [5.41, 5.74) is -0.667. The van der Waals surface area contributed by atoms with Gasteiger partial charge in [0.25, 0.3) is 0 Å². The van der Waals surface area contributed by atoms with Crippen LogP contribution in [0, 0.1) is 5.92 Å². The first-order valence-corrected chi connectivity index (χ1v) is 8.17. The lowest BCUT2D eigenvalue weighted by Gasteiger charge is -2.29. The van der Waals surface area contributed by atoms with Crippen LogP contribution in [0.15, 0.2) is 23.0 Å². The fraction of sp³-hybridized carbons (Fsp3) is 0.357. The van der Waals surface area contributed by atoms with Crippen LogP contribution >= 0.6 is 23.2 Å². The van der Waals surface area contributed by atoms with Crippen molar-refractivity contribution in [2.45, 2.75) is 12.8 Å². The quantitative estimate of drug-likeness (QED) is 0.784. The third-order valence-corrected chi connectivity index (χ3v) is 4.64. The number of aromatic nitrogens is 4. The van der Waals surface area contributed by atoms with Gasteiger partial charge in [0.15, 0.2) is 0 Å². The highest BCUT2D eigenvalue weighted by Crippen LogP contribution is 2.26. The van der Waals surface area contributed by atoms with Crippen molar-refractivity contribution in [1.29, 1.82) is 0 Å². The highest BCUT2D eigenvalue weighted by Gasteiger charge is 2.29. The maximum atomic E-state index is 12.5. The average Bonchev–Trinajstić information content (AvgIpc) is 2.96. The molecule has 0 unspecified atom stereocenters. The first kappa shape index (κ1) is 17.4. The van der Waals surface area contributed by atoms with Crippen LogP contribution in [0.3, 0.4) is 0 Å². The molecule has 0 radical (unpaired) electrons. The lowest BCUT2D eigenvalue weighted by Crippen LogP contribution is -2.45. The Morgan fingerprint density at radius 2 is 1.72 bits per heavy atom. The van der Waals surface area contributed by atoms with E-state index in [0.29, 0.717) is 17.5 Å². The zero-order valence-electron chi connectivity index (χ0n) is 12.8. The number of benzene rings is 1. The van der Waals surface area contributed by atoms with E-state index in [1.165, 1.54) is 17.0 Å². The van der Waals surface area contributed by atoms with Crippen molar-refractivity contribution in [2.75, 3.05) is 13.1 Å². The van der Waals surface area contributed by atoms with E-state index in [2.05, 4.69) is 10.4 Å². The number of carbonyl (C=O) groups excluding carboxylic acids is 1. The summed E-state index contributed by atoms with van der Waals surface area (Å²) in [7, 11) is 0. The number of tetrazole rings is 1. The molecule has 0 saturated carbocycles. The first-order chi connectivity index (χ1) is 11.9. The summed E-state index contributed by atoms with van der Waals surface area (Å²) in [5.74, 6) is -1.37. The fourth-order valence-corrected chi connectivity index (χ4v) is 3.21. The van der Waals surface area contributed by atoms with E-state index in [1.807, 2.05) is 0 Å². The van der Waals surface area contributed by atoms with Gasteiger partial charge in [-0.3, -0.25) is 4.79 Å². The lowest BCUT2D eigenvalue weighted by atomic mass is 9.97. The molecule has 25 heavy (non-hydrogen) atoms. The van der Waals surface area contributed by atoms with Crippen molar-refractivity contribution >= 4 is 35.2 Å². The first-order valence-electron chi connectivity index (χ1n) is 7.41. The van der Waals surface area contributed by atoms with Crippen molar-refractivity contribution in [2.24, 2.45) is 5.92 Å². The van der Waals surface area contributed by atoms with Gasteiger partial charge in [-0.2, -0.15) is 4.68 Å². The minimum absolute atomic E-state index is 0.138. The maximum Gasteiger partial charge on any atom is 0.377 e. The second kappa shape index (κ2) is 6.85. The third kappa shape index (κ3) is 3.24. The van der Waals surface area contributed by atoms with Crippen LogP contribution in [-0.2, 0) is 4.79 Å². The molecule has 0 atom stereocenters. The van der Waals surface area contributed by atoms with Gasteiger partial charge in [-0.25, -0.2) is 9.59 Å². The molecule has 0 spiro atoms. The Kier molecular flexibility index (Phi) is 4.78. The number of carboxylic acids is 1. The number of nitrogens with zero attached hydrogens (tertiary/aromatic N) is 5. The number of halogens is 2. The van der Waals surface area contributed by atoms with Gasteiger partial charge in [0.1, 0.15) is 5.69 Å². The van der Waals surface area contributed by atoms with Gasteiger partial charge in [0, 0.05) is 13.1 Å². The zero-order valence-corrected chi connectivity index (χ0v) is 14.3. The van der Waals surface area contributed by atoms with E-state index in [-0.39, 0.29) is 28.8 Å². The van der Waals surface area contributed by atoms with E-state index < -0.39 is 23.6 Å². The molecule has 2 aromatic rings. The number of carboxylic acid groups (broad SMARTS) is 1. The van der Waals surface area contributed by atoms with Crippen LogP contribution in [0.2, 0.25) is 10.0 Å². The molecule has 1 aliphatic heterocycles. The van der Waals surface area contributed by atoms with Gasteiger partial charge in [-0.1, -0.05) is 29.3 Å². The minimum atomic E-state index is -0.886. The van der Waals surface area contributed by atoms with E-state index in [9.17, 15) is 14.4 Å². The fourth-order valence-electron chi connectivity index (χ4n) is 2.65. The summed E-state index contributed by atoms with van der Waals surface area (Å²) >= 11 is 12.1. The Morgan fingerprint density at radius 3 is 2.28 bits per heavy atom. The van der Waals surface area contributed by atoms with Gasteiger partial charge in [-0.05, 0) is 35.4 Å². The van der Waals surface area contributed by atoms with Crippen molar-refractivity contribution < 1.29 is 14.7 Å². The Labute approximate surface area is 151 Å². The van der Waals surface area contributed by atoms with Crippen molar-refractivity contribution in [3.05, 3.63) is 38.7 Å². The van der Waals surface area contributed by atoms with E-state index in [1.54, 1.807) is 6.07 Å². The molecule has 1 fully saturated rings. The van der Waals surface area contributed by atoms with Crippen LogP contribution in [0.5, 0.6) is 0 Å². The Hall–Kier alpha value is -2.39. The summed E-state index contributed by atoms with van der Waals surface area (Å²) in [6, 6.07) is 4.02. The second-order valence-corrected chi connectivity index (χ2v) is 6.35. The minimum Gasteiger partial charge on any atom is -0.481 e. The molecule has 1 saturated heterocycles. The van der Waals surface area contributed by atoms with Gasteiger partial charge in [0.05, 0.1) is 16.0 Å². The van der Waals surface area contributed by atoms with Crippen LogP contribution in [0.25, 0.3) is 5.69 Å². The smallest absolute Gasteiger partial charge is 0.377 e. The highest BCUT2D eigenvalue weighted by atomic mass is 35.5. The standard InChI is InChI=1S/C14H13Cl2N5O4/c15-9-2-1-3-10(16)11(9)20-14(25)21(18-17-20)13(24)19-6-4-8(5-7-19)12(22)23/h1-3,8H,4-7H2,(H,22,23). The second-order valence-electron chi connectivity index (χ2n) is 5.54. The number of para-hydroxylation sites is 1. The molecule has 9 nitrogen and oxygen atoms in total. The molecular formula is C14H13Cl2N5O4. The van der Waals surface area contributed by atoms with Gasteiger partial charge in [0.2, 0.25) is 0 Å². The number of carbonyl (C=O) groups is 2. The number of hydrogen-bond acceptors (Lipinski definition) is 5. The SMILES string of the molecule is O=C(O)C1CCN(C(=O)n2nnn(-c3c(Cl)cccc3Cl)c2=O)CC1. The number of aliphatic carboxylic acids is 1. The molecule has 1 aromatic heterocycles. The number of hydrogen-bond donors (Lipinski definition) is 1. The molecule has 2 heterocycles. The van der Waals surface area contributed by atoms with Crippen molar-refractivity contribution in [3.8, 4) is 5.69 Å². The third-order valence-electron chi connectivity index (χ3n) is 4.03. The molecule has 0 bridgehead atoms. The monoisotopic (exact) mass is 385 g/mol. The predicted octanol–water partition coefficient (Wildman–Crippen LogP) is 1.50. The number of likely N-dealkylation sites (tertiary alicyclic amines) is 1. The Balaban J connectivity index is 1.86. The van der Waals surface area contributed by atoms with Gasteiger partial charge in [-0.15, -0.1) is 4.68 Å². The summed E-state index contributed by atoms with van der Waals surface area (Å²) < 4.78 is 1.47. The molecule has 11 heteroatoms. The molecule has 0 aliphatic carbocycles. The molecule has 132 valence electrons. The number of amides is 1. The largest absolute Gasteiger partial charge is 0.481 e. The number of rotatable bonds is 2. The Morgan fingerprint density at radius 1 is 1.12 bits per heavy atom. The van der Waals surface area contributed by atoms with E-state index in [4.69, 9.17) is 28.3 Å². The van der Waals surface area contributed by atoms with Gasteiger partial charge < -0.3 is 10.0 Å². The molecule has 3 rings (SSSR count). The predicted molar refractivity (Wildman–Crippen MR) is 88.4 cm³/mol. The van der Waals surface area contributed by atoms with E-state index >= 15 is 0 Å². The highest BCUT2D eigenvalue weighted by molar-refractivity contribution is 6.37. The normalized spacial score (nSPS) is 15.4. The zero-order chi connectivity index (χ0) is 18.1. The summed E-state index contributed by atoms with van der Waals surface area (Å²) in [6.07, 6.45) is 0.639. The van der Waals surface area contributed by atoms with Crippen LogP contribution < -0.4 is 5.69 Å². The number of piperidine rings is 1. The van der Waals surface area contributed by atoms with Crippen molar-refractivity contribution in [3.63, 3.8) is 0 Å². The summed E-state index contributed by atoms with van der Waals surface area (Å²) in [4.78, 5) is 37.3. The maximum absolute atomic E-state index is 12.5. The molecule has 1 N–H and O–H groups in total. The van der Waals surface area contributed by atoms with Crippen LogP contribution in [0.1, 0.15) is 12.8 Å². The molecule has 1 amide bonds. The van der Waals surface area contributed by atoms with Crippen LogP contribution in [0.4, 0.5) is 4.79 Å². The lowest BCUT2D eigenvalue weighted by molar-refractivity contribution is -0.143. The van der Waals surface area contributed by atoms with E-state index in [0.717, 1.165) is 4.68 Å². The van der Waals surface area contributed by atoms with Crippen LogP contribution in [-0.4, -0.2) is 54.9 Å².